The lowest BCUT2D eigenvalue weighted by Crippen LogP contribution is -2.49. The van der Waals surface area contributed by atoms with E-state index < -0.39 is 11.2 Å². The lowest BCUT2D eigenvalue weighted by Gasteiger charge is -2.37. The summed E-state index contributed by atoms with van der Waals surface area (Å²) in [5.74, 6) is 0. The van der Waals surface area contributed by atoms with Crippen LogP contribution in [0.2, 0.25) is 0 Å². The standard InChI is InChI=1S/C11H18BN2O2/c1-10(2,15)11(3,4)16-12-8-5-9(13)7-14-6-8/h5-7,15H,13H2,1-4H3. The summed E-state index contributed by atoms with van der Waals surface area (Å²) in [6, 6.07) is 1.76. The van der Waals surface area contributed by atoms with Gasteiger partial charge in [0.15, 0.2) is 0 Å². The minimum absolute atomic E-state index is 0.582. The maximum Gasteiger partial charge on any atom is 0.332 e. The molecule has 87 valence electrons. The van der Waals surface area contributed by atoms with Gasteiger partial charge in [-0.05, 0) is 39.2 Å². The highest BCUT2D eigenvalue weighted by Gasteiger charge is 2.35. The van der Waals surface area contributed by atoms with Gasteiger partial charge in [-0.3, -0.25) is 4.98 Å². The number of nitrogens with zero attached hydrogens (tertiary/aromatic N) is 1. The largest absolute Gasteiger partial charge is 0.427 e. The van der Waals surface area contributed by atoms with Crippen molar-refractivity contribution in [3.05, 3.63) is 18.5 Å². The maximum atomic E-state index is 9.89. The van der Waals surface area contributed by atoms with Crippen molar-refractivity contribution in [2.45, 2.75) is 38.9 Å². The Morgan fingerprint density at radius 3 is 2.44 bits per heavy atom. The summed E-state index contributed by atoms with van der Waals surface area (Å²) >= 11 is 0. The summed E-state index contributed by atoms with van der Waals surface area (Å²) in [6.45, 7) is 7.06. The highest BCUT2D eigenvalue weighted by atomic mass is 16.5. The Hall–Kier alpha value is -1.07. The zero-order chi connectivity index (χ0) is 12.4. The first-order valence-corrected chi connectivity index (χ1v) is 5.16. The van der Waals surface area contributed by atoms with E-state index in [0.717, 1.165) is 5.46 Å². The van der Waals surface area contributed by atoms with Crippen molar-refractivity contribution in [1.29, 1.82) is 0 Å². The first kappa shape index (κ1) is 13.0. The van der Waals surface area contributed by atoms with Gasteiger partial charge in [0.1, 0.15) is 0 Å². The highest BCUT2D eigenvalue weighted by molar-refractivity contribution is 6.47. The molecular formula is C11H18BN2O2. The van der Waals surface area contributed by atoms with Crippen LogP contribution in [0.1, 0.15) is 27.7 Å². The average molecular weight is 221 g/mol. The molecule has 1 radical (unpaired) electrons. The molecule has 1 aromatic rings. The number of hydrogen-bond donors (Lipinski definition) is 2. The topological polar surface area (TPSA) is 68.4 Å². The van der Waals surface area contributed by atoms with Gasteiger partial charge in [0.2, 0.25) is 0 Å². The lowest BCUT2D eigenvalue weighted by atomic mass is 9.83. The van der Waals surface area contributed by atoms with Crippen LogP contribution in [0.3, 0.4) is 0 Å². The Balaban J connectivity index is 2.65. The van der Waals surface area contributed by atoms with E-state index >= 15 is 0 Å². The molecule has 1 rings (SSSR count). The summed E-state index contributed by atoms with van der Waals surface area (Å²) in [6.07, 6.45) is 3.22. The second-order valence-electron chi connectivity index (χ2n) is 4.86. The van der Waals surface area contributed by atoms with Gasteiger partial charge < -0.3 is 15.5 Å². The normalized spacial score (nSPS) is 12.6. The second kappa shape index (κ2) is 4.43. The second-order valence-corrected chi connectivity index (χ2v) is 4.86. The third-order valence-electron chi connectivity index (χ3n) is 2.74. The molecule has 0 aliphatic rings. The molecule has 0 unspecified atom stereocenters. The van der Waals surface area contributed by atoms with E-state index in [4.69, 9.17) is 10.4 Å². The molecule has 0 spiro atoms. The van der Waals surface area contributed by atoms with Crippen LogP contribution in [-0.4, -0.2) is 28.8 Å². The molecule has 0 aliphatic carbocycles. The average Bonchev–Trinajstić information content (AvgIpc) is 2.13. The molecule has 0 aromatic carbocycles. The first-order chi connectivity index (χ1) is 7.22. The van der Waals surface area contributed by atoms with E-state index in [1.165, 1.54) is 0 Å². The molecule has 1 aromatic heterocycles. The van der Waals surface area contributed by atoms with Gasteiger partial charge in [-0.1, -0.05) is 0 Å². The number of rotatable bonds is 4. The molecular weight excluding hydrogens is 203 g/mol. The number of nitrogens with two attached hydrogens (primary N) is 1. The number of hydrogen-bond acceptors (Lipinski definition) is 4. The third kappa shape index (κ3) is 3.22. The summed E-state index contributed by atoms with van der Waals surface area (Å²) in [7, 11) is 1.56. The van der Waals surface area contributed by atoms with Crippen LogP contribution < -0.4 is 11.2 Å². The zero-order valence-corrected chi connectivity index (χ0v) is 10.2. The van der Waals surface area contributed by atoms with Crippen molar-refractivity contribution < 1.29 is 9.76 Å². The van der Waals surface area contributed by atoms with Crippen LogP contribution in [-0.2, 0) is 4.65 Å². The monoisotopic (exact) mass is 221 g/mol. The minimum Gasteiger partial charge on any atom is -0.427 e. The zero-order valence-electron chi connectivity index (χ0n) is 10.2. The van der Waals surface area contributed by atoms with E-state index in [2.05, 4.69) is 4.98 Å². The van der Waals surface area contributed by atoms with Crippen LogP contribution in [0.4, 0.5) is 5.69 Å². The van der Waals surface area contributed by atoms with Crippen LogP contribution >= 0.6 is 0 Å². The van der Waals surface area contributed by atoms with Gasteiger partial charge >= 0.3 is 7.48 Å². The number of nitrogen functional groups attached to an aromatic ring is 1. The third-order valence-corrected chi connectivity index (χ3v) is 2.74. The van der Waals surface area contributed by atoms with Crippen LogP contribution in [0.5, 0.6) is 0 Å². The highest BCUT2D eigenvalue weighted by Crippen LogP contribution is 2.24. The summed E-state index contributed by atoms with van der Waals surface area (Å²) in [5.41, 5.74) is 5.34. The van der Waals surface area contributed by atoms with Crippen molar-refractivity contribution in [3.63, 3.8) is 0 Å². The predicted octanol–water partition coefficient (Wildman–Crippen LogP) is 0.474. The molecule has 0 bridgehead atoms. The Morgan fingerprint density at radius 1 is 1.31 bits per heavy atom. The van der Waals surface area contributed by atoms with Gasteiger partial charge in [-0.2, -0.15) is 0 Å². The molecule has 0 amide bonds. The van der Waals surface area contributed by atoms with Gasteiger partial charge in [0.05, 0.1) is 11.2 Å². The molecule has 4 nitrogen and oxygen atoms in total. The molecule has 0 fully saturated rings. The van der Waals surface area contributed by atoms with E-state index in [0.29, 0.717) is 5.69 Å². The summed E-state index contributed by atoms with van der Waals surface area (Å²) in [5, 5.41) is 9.89. The predicted molar refractivity (Wildman–Crippen MR) is 65.5 cm³/mol. The number of aromatic nitrogens is 1. The molecule has 16 heavy (non-hydrogen) atoms. The fraction of sp³-hybridized carbons (Fsp3) is 0.545. The molecule has 5 heteroatoms. The Kier molecular flexibility index (Phi) is 3.60. The lowest BCUT2D eigenvalue weighted by molar-refractivity contribution is -0.0893. The van der Waals surface area contributed by atoms with Gasteiger partial charge in [-0.25, -0.2) is 0 Å². The van der Waals surface area contributed by atoms with E-state index in [9.17, 15) is 5.11 Å². The molecule has 0 saturated heterocycles. The summed E-state index contributed by atoms with van der Waals surface area (Å²) < 4.78 is 5.56. The quantitative estimate of drug-likeness (QED) is 0.725. The van der Waals surface area contributed by atoms with E-state index in [1.54, 1.807) is 39.8 Å². The van der Waals surface area contributed by atoms with Gasteiger partial charge in [-0.15, -0.1) is 0 Å². The molecule has 0 aliphatic heterocycles. The molecule has 0 saturated carbocycles. The van der Waals surface area contributed by atoms with Gasteiger partial charge in [0, 0.05) is 18.1 Å². The fourth-order valence-electron chi connectivity index (χ4n) is 0.900. The number of pyridine rings is 1. The number of aliphatic hydroxyl groups is 1. The van der Waals surface area contributed by atoms with E-state index in [-0.39, 0.29) is 0 Å². The van der Waals surface area contributed by atoms with E-state index in [1.807, 2.05) is 13.8 Å². The Labute approximate surface area is 97.1 Å². The first-order valence-electron chi connectivity index (χ1n) is 5.16. The summed E-state index contributed by atoms with van der Waals surface area (Å²) in [4.78, 5) is 3.95. The van der Waals surface area contributed by atoms with Crippen molar-refractivity contribution in [1.82, 2.24) is 4.98 Å². The van der Waals surface area contributed by atoms with Crippen molar-refractivity contribution in [2.75, 3.05) is 5.73 Å². The van der Waals surface area contributed by atoms with Crippen molar-refractivity contribution in [2.24, 2.45) is 0 Å². The van der Waals surface area contributed by atoms with Crippen LogP contribution in [0.25, 0.3) is 0 Å². The van der Waals surface area contributed by atoms with Crippen LogP contribution in [0, 0.1) is 0 Å². The molecule has 0 atom stereocenters. The van der Waals surface area contributed by atoms with Crippen molar-refractivity contribution in [3.8, 4) is 0 Å². The minimum atomic E-state index is -0.933. The SMILES string of the molecule is CC(C)(O)C(C)(C)O[B]c1cncc(N)c1. The Bertz CT molecular complexity index is 361. The van der Waals surface area contributed by atoms with Crippen molar-refractivity contribution >= 4 is 18.6 Å². The Morgan fingerprint density at radius 2 is 1.94 bits per heavy atom. The fourth-order valence-corrected chi connectivity index (χ4v) is 0.900. The number of anilines is 1. The molecule has 3 N–H and O–H groups in total. The smallest absolute Gasteiger partial charge is 0.332 e. The van der Waals surface area contributed by atoms with Crippen LogP contribution in [0.15, 0.2) is 18.5 Å². The molecule has 1 heterocycles. The maximum absolute atomic E-state index is 9.89. The van der Waals surface area contributed by atoms with Gasteiger partial charge in [0.25, 0.3) is 0 Å².